The van der Waals surface area contributed by atoms with Crippen LogP contribution in [0.5, 0.6) is 0 Å². The molecule has 0 unspecified atom stereocenters. The van der Waals surface area contributed by atoms with Crippen LogP contribution in [0.4, 0.5) is 5.82 Å². The van der Waals surface area contributed by atoms with Crippen LogP contribution in [0, 0.1) is 12.3 Å². The molecule has 0 bridgehead atoms. The molecule has 15 heavy (non-hydrogen) atoms. The van der Waals surface area contributed by atoms with Crippen molar-refractivity contribution in [1.82, 2.24) is 9.78 Å². The number of nitrogen functional groups attached to an aromatic ring is 1. The van der Waals surface area contributed by atoms with Crippen LogP contribution in [0.2, 0.25) is 0 Å². The molecule has 1 aromatic rings. The van der Waals surface area contributed by atoms with Crippen molar-refractivity contribution in [2.75, 3.05) is 5.73 Å². The normalized spacial score (nSPS) is 20.4. The summed E-state index contributed by atoms with van der Waals surface area (Å²) in [6, 6.07) is 1.95. The second kappa shape index (κ2) is 3.87. The Balaban J connectivity index is 2.09. The van der Waals surface area contributed by atoms with Crippen LogP contribution in [0.1, 0.15) is 44.7 Å². The summed E-state index contributed by atoms with van der Waals surface area (Å²) in [6.45, 7) is 5.48. The summed E-state index contributed by atoms with van der Waals surface area (Å²) in [5.74, 6) is 0.645. The average molecular weight is 207 g/mol. The van der Waals surface area contributed by atoms with Crippen LogP contribution in [-0.4, -0.2) is 9.78 Å². The average Bonchev–Trinajstić information content (AvgIpc) is 2.45. The molecule has 0 atom stereocenters. The lowest BCUT2D eigenvalue weighted by atomic mass is 9.76. The zero-order valence-corrected chi connectivity index (χ0v) is 9.79. The fourth-order valence-electron chi connectivity index (χ4n) is 2.62. The van der Waals surface area contributed by atoms with Crippen molar-refractivity contribution in [2.24, 2.45) is 5.41 Å². The lowest BCUT2D eigenvalue weighted by Gasteiger charge is -2.33. The maximum Gasteiger partial charge on any atom is 0.145 e. The number of anilines is 1. The smallest absolute Gasteiger partial charge is 0.145 e. The monoisotopic (exact) mass is 207 g/mol. The summed E-state index contributed by atoms with van der Waals surface area (Å²) in [5, 5.41) is 4.34. The second-order valence-corrected chi connectivity index (χ2v) is 5.24. The lowest BCUT2D eigenvalue weighted by Crippen LogP contribution is -2.27. The van der Waals surface area contributed by atoms with E-state index >= 15 is 0 Å². The van der Waals surface area contributed by atoms with Gasteiger partial charge in [0.2, 0.25) is 0 Å². The maximum atomic E-state index is 5.70. The number of nitrogens with zero attached hydrogens (tertiary/aromatic N) is 2. The minimum absolute atomic E-state index is 0.432. The van der Waals surface area contributed by atoms with Crippen LogP contribution in [0.3, 0.4) is 0 Å². The van der Waals surface area contributed by atoms with Gasteiger partial charge >= 0.3 is 0 Å². The van der Waals surface area contributed by atoms with Gasteiger partial charge in [-0.3, -0.25) is 4.68 Å². The van der Waals surface area contributed by atoms with Gasteiger partial charge < -0.3 is 5.73 Å². The highest BCUT2D eigenvalue weighted by Gasteiger charge is 2.27. The van der Waals surface area contributed by atoms with Crippen molar-refractivity contribution in [2.45, 2.75) is 52.5 Å². The van der Waals surface area contributed by atoms with Gasteiger partial charge in [-0.1, -0.05) is 26.2 Å². The Hall–Kier alpha value is -0.990. The highest BCUT2D eigenvalue weighted by Crippen LogP contribution is 2.37. The molecule has 0 amide bonds. The van der Waals surface area contributed by atoms with Crippen LogP contribution >= 0.6 is 0 Å². The minimum atomic E-state index is 0.432. The number of aromatic nitrogens is 2. The summed E-state index contributed by atoms with van der Waals surface area (Å²) in [7, 11) is 0. The molecule has 1 aromatic heterocycles. The fourth-order valence-corrected chi connectivity index (χ4v) is 2.62. The Morgan fingerprint density at radius 2 is 2.07 bits per heavy atom. The van der Waals surface area contributed by atoms with E-state index in [0.717, 1.165) is 6.54 Å². The Morgan fingerprint density at radius 3 is 2.60 bits per heavy atom. The van der Waals surface area contributed by atoms with E-state index in [2.05, 4.69) is 23.6 Å². The molecule has 1 saturated carbocycles. The van der Waals surface area contributed by atoms with Crippen molar-refractivity contribution in [3.63, 3.8) is 0 Å². The van der Waals surface area contributed by atoms with Crippen LogP contribution in [0.25, 0.3) is 0 Å². The Bertz CT molecular complexity index is 335. The highest BCUT2D eigenvalue weighted by atomic mass is 15.3. The molecule has 2 rings (SSSR count). The molecule has 0 spiro atoms. The molecule has 0 aromatic carbocycles. The van der Waals surface area contributed by atoms with Gasteiger partial charge in [0.1, 0.15) is 5.82 Å². The molecular weight excluding hydrogens is 186 g/mol. The topological polar surface area (TPSA) is 43.8 Å². The number of nitrogens with two attached hydrogens (primary N) is 1. The molecule has 1 aliphatic carbocycles. The van der Waals surface area contributed by atoms with Gasteiger partial charge in [0, 0.05) is 18.3 Å². The molecule has 0 radical (unpaired) electrons. The van der Waals surface area contributed by atoms with E-state index in [1.807, 2.05) is 6.07 Å². The van der Waals surface area contributed by atoms with E-state index in [1.165, 1.54) is 37.8 Å². The number of hydrogen-bond acceptors (Lipinski definition) is 2. The lowest BCUT2D eigenvalue weighted by molar-refractivity contribution is 0.174. The Morgan fingerprint density at radius 1 is 1.40 bits per heavy atom. The van der Waals surface area contributed by atoms with Gasteiger partial charge in [-0.25, -0.2) is 0 Å². The Labute approximate surface area is 91.7 Å². The molecule has 1 heterocycles. The molecular formula is C12H21N3. The highest BCUT2D eigenvalue weighted by molar-refractivity contribution is 5.28. The third kappa shape index (κ3) is 2.33. The van der Waals surface area contributed by atoms with Crippen molar-refractivity contribution < 1.29 is 0 Å². The first-order chi connectivity index (χ1) is 7.09. The molecule has 1 fully saturated rings. The van der Waals surface area contributed by atoms with E-state index in [-0.39, 0.29) is 0 Å². The summed E-state index contributed by atoms with van der Waals surface area (Å²) in [5.41, 5.74) is 7.31. The van der Waals surface area contributed by atoms with Gasteiger partial charge in [-0.2, -0.15) is 5.10 Å². The maximum absolute atomic E-state index is 5.70. The van der Waals surface area contributed by atoms with E-state index < -0.39 is 0 Å². The zero-order valence-electron chi connectivity index (χ0n) is 9.79. The first kappa shape index (κ1) is 10.5. The Kier molecular flexibility index (Phi) is 2.72. The van der Waals surface area contributed by atoms with Crippen molar-refractivity contribution in [3.05, 3.63) is 11.8 Å². The number of hydrogen-bond donors (Lipinski definition) is 1. The number of aryl methyl sites for hydroxylation is 1. The molecule has 84 valence electrons. The third-order valence-electron chi connectivity index (χ3n) is 3.59. The van der Waals surface area contributed by atoms with Gasteiger partial charge in [0.25, 0.3) is 0 Å². The molecule has 0 aliphatic heterocycles. The van der Waals surface area contributed by atoms with Crippen LogP contribution < -0.4 is 5.73 Å². The largest absolute Gasteiger partial charge is 0.382 e. The van der Waals surface area contributed by atoms with E-state index in [9.17, 15) is 0 Å². The van der Waals surface area contributed by atoms with Crippen molar-refractivity contribution >= 4 is 5.82 Å². The predicted molar refractivity (Wildman–Crippen MR) is 62.6 cm³/mol. The molecule has 2 N–H and O–H groups in total. The zero-order chi connectivity index (χ0) is 10.9. The standard InChI is InChI=1S/C12H21N3/c1-10-8-11(13)14-15(10)9-12(2)6-4-3-5-7-12/h8H,3-7,9H2,1-2H3,(H2,13,14). The molecule has 1 aliphatic rings. The molecule has 0 saturated heterocycles. The van der Waals surface area contributed by atoms with E-state index in [1.54, 1.807) is 0 Å². The van der Waals surface area contributed by atoms with Gasteiger partial charge in [-0.15, -0.1) is 0 Å². The van der Waals surface area contributed by atoms with Crippen LogP contribution in [0.15, 0.2) is 6.07 Å². The predicted octanol–water partition coefficient (Wildman–Crippen LogP) is 2.74. The van der Waals surface area contributed by atoms with Gasteiger partial charge in [0.15, 0.2) is 0 Å². The van der Waals surface area contributed by atoms with Crippen molar-refractivity contribution in [3.8, 4) is 0 Å². The van der Waals surface area contributed by atoms with E-state index in [0.29, 0.717) is 11.2 Å². The number of rotatable bonds is 2. The summed E-state index contributed by atoms with van der Waals surface area (Å²) in [6.07, 6.45) is 6.78. The van der Waals surface area contributed by atoms with Gasteiger partial charge in [0.05, 0.1) is 0 Å². The first-order valence-electron chi connectivity index (χ1n) is 5.89. The van der Waals surface area contributed by atoms with Crippen molar-refractivity contribution in [1.29, 1.82) is 0 Å². The summed E-state index contributed by atoms with van der Waals surface area (Å²) in [4.78, 5) is 0. The quantitative estimate of drug-likeness (QED) is 0.810. The summed E-state index contributed by atoms with van der Waals surface area (Å²) < 4.78 is 2.07. The van der Waals surface area contributed by atoms with Gasteiger partial charge in [-0.05, 0) is 25.2 Å². The second-order valence-electron chi connectivity index (χ2n) is 5.24. The fraction of sp³-hybridized carbons (Fsp3) is 0.750. The molecule has 3 nitrogen and oxygen atoms in total. The SMILES string of the molecule is Cc1cc(N)nn1CC1(C)CCCCC1. The van der Waals surface area contributed by atoms with E-state index in [4.69, 9.17) is 5.73 Å². The molecule has 3 heteroatoms. The van der Waals surface area contributed by atoms with Crippen LogP contribution in [-0.2, 0) is 6.54 Å². The third-order valence-corrected chi connectivity index (χ3v) is 3.59. The minimum Gasteiger partial charge on any atom is -0.382 e. The summed E-state index contributed by atoms with van der Waals surface area (Å²) >= 11 is 0. The first-order valence-corrected chi connectivity index (χ1v) is 5.89.